The van der Waals surface area contributed by atoms with Crippen molar-refractivity contribution in [3.63, 3.8) is 0 Å². The Labute approximate surface area is 146 Å². The van der Waals surface area contributed by atoms with Gasteiger partial charge in [-0.15, -0.1) is 0 Å². The molecule has 0 saturated carbocycles. The van der Waals surface area contributed by atoms with Crippen LogP contribution in [0, 0.1) is 0 Å². The number of hydrogen-bond donors (Lipinski definition) is 0. The van der Waals surface area contributed by atoms with Gasteiger partial charge in [0.2, 0.25) is 5.91 Å². The highest BCUT2D eigenvalue weighted by molar-refractivity contribution is 8.16. The fraction of sp³-hybridized carbons (Fsp3) is 0.444. The predicted molar refractivity (Wildman–Crippen MR) is 96.0 cm³/mol. The SMILES string of the molecule is COc1ccccc1[C@@H]1CCCN1C(=O)CC1=CSC2=NCCN12. The number of ether oxygens (including phenoxy) is 1. The van der Waals surface area contributed by atoms with Crippen LogP contribution in [-0.2, 0) is 4.79 Å². The molecule has 1 saturated heterocycles. The van der Waals surface area contributed by atoms with E-state index >= 15 is 0 Å². The number of carbonyl (C=O) groups excluding carboxylic acids is 1. The third-order valence-electron chi connectivity index (χ3n) is 4.85. The van der Waals surface area contributed by atoms with Gasteiger partial charge in [0.15, 0.2) is 5.17 Å². The lowest BCUT2D eigenvalue weighted by Gasteiger charge is -2.27. The highest BCUT2D eigenvalue weighted by Crippen LogP contribution is 2.38. The van der Waals surface area contributed by atoms with Crippen molar-refractivity contribution in [3.05, 3.63) is 40.9 Å². The standard InChI is InChI=1S/C18H21N3O2S/c1-23-16-7-3-2-5-14(16)15-6-4-9-21(15)17(22)11-13-12-24-18-19-8-10-20(13)18/h2-3,5,7,12,15H,4,6,8-11H2,1H3/t15-/m0/s1. The quantitative estimate of drug-likeness (QED) is 0.843. The number of aliphatic imine (C=N–C) groups is 1. The van der Waals surface area contributed by atoms with Gasteiger partial charge in [0.25, 0.3) is 0 Å². The number of hydrogen-bond acceptors (Lipinski definition) is 5. The molecule has 3 aliphatic rings. The van der Waals surface area contributed by atoms with Gasteiger partial charge < -0.3 is 14.5 Å². The normalized spacial score (nSPS) is 22.5. The van der Waals surface area contributed by atoms with Gasteiger partial charge in [0.1, 0.15) is 5.75 Å². The van der Waals surface area contributed by atoms with Crippen LogP contribution < -0.4 is 4.74 Å². The molecule has 1 atom stereocenters. The second kappa shape index (κ2) is 6.51. The van der Waals surface area contributed by atoms with Gasteiger partial charge >= 0.3 is 0 Å². The van der Waals surface area contributed by atoms with Crippen molar-refractivity contribution in [1.29, 1.82) is 0 Å². The first-order chi connectivity index (χ1) is 11.8. The van der Waals surface area contributed by atoms with E-state index in [1.807, 2.05) is 23.1 Å². The molecule has 0 unspecified atom stereocenters. The van der Waals surface area contributed by atoms with Gasteiger partial charge in [-0.05, 0) is 24.3 Å². The molecule has 0 radical (unpaired) electrons. The Morgan fingerprint density at radius 3 is 3.12 bits per heavy atom. The molecule has 1 aromatic carbocycles. The molecule has 0 N–H and O–H groups in total. The van der Waals surface area contributed by atoms with E-state index in [9.17, 15) is 4.79 Å². The average Bonchev–Trinajstić information content (AvgIpc) is 3.32. The summed E-state index contributed by atoms with van der Waals surface area (Å²) in [5.41, 5.74) is 2.20. The predicted octanol–water partition coefficient (Wildman–Crippen LogP) is 3.01. The number of benzene rings is 1. The van der Waals surface area contributed by atoms with Crippen LogP contribution in [0.2, 0.25) is 0 Å². The van der Waals surface area contributed by atoms with Gasteiger partial charge in [0, 0.05) is 24.4 Å². The third-order valence-corrected chi connectivity index (χ3v) is 5.80. The molecule has 126 valence electrons. The number of para-hydroxylation sites is 1. The van der Waals surface area contributed by atoms with Crippen LogP contribution in [-0.4, -0.2) is 47.6 Å². The van der Waals surface area contributed by atoms with E-state index in [0.29, 0.717) is 6.42 Å². The molecule has 3 aliphatic heterocycles. The first kappa shape index (κ1) is 15.6. The fourth-order valence-corrected chi connectivity index (χ4v) is 4.66. The van der Waals surface area contributed by atoms with Gasteiger partial charge in [-0.1, -0.05) is 30.0 Å². The number of thioether (sulfide) groups is 1. The second-order valence-corrected chi connectivity index (χ2v) is 7.04. The number of rotatable bonds is 4. The maximum Gasteiger partial charge on any atom is 0.229 e. The van der Waals surface area contributed by atoms with Gasteiger partial charge in [-0.3, -0.25) is 9.79 Å². The highest BCUT2D eigenvalue weighted by atomic mass is 32.2. The van der Waals surface area contributed by atoms with Crippen LogP contribution in [0.25, 0.3) is 0 Å². The van der Waals surface area contributed by atoms with Crippen LogP contribution >= 0.6 is 11.8 Å². The average molecular weight is 343 g/mol. The summed E-state index contributed by atoms with van der Waals surface area (Å²) in [6.07, 6.45) is 2.49. The number of methoxy groups -OCH3 is 1. The maximum atomic E-state index is 12.9. The molecule has 3 heterocycles. The molecule has 1 amide bonds. The van der Waals surface area contributed by atoms with Crippen LogP contribution in [0.5, 0.6) is 5.75 Å². The Bertz CT molecular complexity index is 716. The summed E-state index contributed by atoms with van der Waals surface area (Å²) in [6.45, 7) is 2.56. The minimum Gasteiger partial charge on any atom is -0.496 e. The van der Waals surface area contributed by atoms with E-state index in [2.05, 4.69) is 21.4 Å². The number of amides is 1. The van der Waals surface area contributed by atoms with Crippen molar-refractivity contribution >= 4 is 22.8 Å². The summed E-state index contributed by atoms with van der Waals surface area (Å²) < 4.78 is 5.50. The molecule has 0 bridgehead atoms. The number of fused-ring (bicyclic) bond motifs is 1. The van der Waals surface area contributed by atoms with Gasteiger partial charge in [-0.25, -0.2) is 0 Å². The zero-order valence-corrected chi connectivity index (χ0v) is 14.6. The monoisotopic (exact) mass is 343 g/mol. The summed E-state index contributed by atoms with van der Waals surface area (Å²) in [5, 5.41) is 3.12. The minimum atomic E-state index is 0.120. The van der Waals surface area contributed by atoms with Gasteiger partial charge in [0.05, 0.1) is 26.1 Å². The van der Waals surface area contributed by atoms with Crippen LogP contribution in [0.1, 0.15) is 30.9 Å². The summed E-state index contributed by atoms with van der Waals surface area (Å²) in [5.74, 6) is 1.07. The van der Waals surface area contributed by atoms with Gasteiger partial charge in [-0.2, -0.15) is 0 Å². The topological polar surface area (TPSA) is 45.1 Å². The van der Waals surface area contributed by atoms with Crippen LogP contribution in [0.3, 0.4) is 0 Å². The molecule has 24 heavy (non-hydrogen) atoms. The summed E-state index contributed by atoms with van der Waals surface area (Å²) in [6, 6.07) is 8.15. The van der Waals surface area contributed by atoms with Crippen molar-refractivity contribution in [1.82, 2.24) is 9.80 Å². The second-order valence-electron chi connectivity index (χ2n) is 6.21. The summed E-state index contributed by atoms with van der Waals surface area (Å²) in [4.78, 5) is 21.6. The largest absolute Gasteiger partial charge is 0.496 e. The highest BCUT2D eigenvalue weighted by Gasteiger charge is 2.34. The summed E-state index contributed by atoms with van der Waals surface area (Å²) >= 11 is 1.63. The zero-order chi connectivity index (χ0) is 16.5. The van der Waals surface area contributed by atoms with Crippen molar-refractivity contribution in [2.45, 2.75) is 25.3 Å². The molecule has 6 heteroatoms. The van der Waals surface area contributed by atoms with Crippen molar-refractivity contribution < 1.29 is 9.53 Å². The number of nitrogens with zero attached hydrogens (tertiary/aromatic N) is 3. The van der Waals surface area contributed by atoms with Crippen molar-refractivity contribution in [2.75, 3.05) is 26.7 Å². The molecule has 0 aromatic heterocycles. The Morgan fingerprint density at radius 1 is 1.38 bits per heavy atom. The Morgan fingerprint density at radius 2 is 2.25 bits per heavy atom. The molecule has 4 rings (SSSR count). The van der Waals surface area contributed by atoms with E-state index in [-0.39, 0.29) is 11.9 Å². The molecule has 1 fully saturated rings. The Hall–Kier alpha value is -1.95. The fourth-order valence-electron chi connectivity index (χ4n) is 3.70. The molecule has 1 aromatic rings. The van der Waals surface area contributed by atoms with E-state index in [4.69, 9.17) is 4.74 Å². The first-order valence-electron chi connectivity index (χ1n) is 8.38. The molecular weight excluding hydrogens is 322 g/mol. The molecule has 0 spiro atoms. The minimum absolute atomic E-state index is 0.120. The van der Waals surface area contributed by atoms with Crippen molar-refractivity contribution in [3.8, 4) is 5.75 Å². The Balaban J connectivity index is 1.50. The van der Waals surface area contributed by atoms with Crippen molar-refractivity contribution in [2.24, 2.45) is 4.99 Å². The van der Waals surface area contributed by atoms with Crippen LogP contribution in [0.15, 0.2) is 40.4 Å². The van der Waals surface area contributed by atoms with E-state index in [0.717, 1.165) is 54.7 Å². The first-order valence-corrected chi connectivity index (χ1v) is 9.26. The lowest BCUT2D eigenvalue weighted by molar-refractivity contribution is -0.131. The van der Waals surface area contributed by atoms with E-state index < -0.39 is 0 Å². The maximum absolute atomic E-state index is 12.9. The van der Waals surface area contributed by atoms with Crippen LogP contribution in [0.4, 0.5) is 0 Å². The molecule has 0 aliphatic carbocycles. The third kappa shape index (κ3) is 2.69. The van der Waals surface area contributed by atoms with E-state index in [1.165, 1.54) is 0 Å². The zero-order valence-electron chi connectivity index (χ0n) is 13.8. The van der Waals surface area contributed by atoms with E-state index in [1.54, 1.807) is 18.9 Å². The molecule has 5 nitrogen and oxygen atoms in total. The lowest BCUT2D eigenvalue weighted by atomic mass is 10.0. The lowest BCUT2D eigenvalue weighted by Crippen LogP contribution is -2.33. The number of likely N-dealkylation sites (tertiary alicyclic amines) is 1. The number of amidine groups is 1. The number of carbonyl (C=O) groups is 1. The molecular formula is C18H21N3O2S. The smallest absolute Gasteiger partial charge is 0.229 e. The summed E-state index contributed by atoms with van der Waals surface area (Å²) in [7, 11) is 1.69. The Kier molecular flexibility index (Phi) is 4.22.